The molecule has 12 heavy (non-hydrogen) atoms. The van der Waals surface area contributed by atoms with Crippen molar-refractivity contribution in [3.05, 3.63) is 0 Å². The van der Waals surface area contributed by atoms with Gasteiger partial charge >= 0.3 is 0 Å². The first kappa shape index (κ1) is 11.4. The van der Waals surface area contributed by atoms with Gasteiger partial charge in [-0.2, -0.15) is 0 Å². The molecule has 0 saturated carbocycles. The number of aliphatic imine (C=N–C) groups is 1. The molecule has 70 valence electrons. The first-order valence-corrected chi connectivity index (χ1v) is 4.88. The highest BCUT2D eigenvalue weighted by Gasteiger charge is 2.04. The van der Waals surface area contributed by atoms with Gasteiger partial charge in [-0.05, 0) is 12.3 Å². The van der Waals surface area contributed by atoms with Crippen molar-refractivity contribution < 1.29 is 4.79 Å². The monoisotopic (exact) mass is 169 g/mol. The maximum atomic E-state index is 9.81. The molecule has 0 aliphatic heterocycles. The second-order valence-corrected chi connectivity index (χ2v) is 3.21. The van der Waals surface area contributed by atoms with Gasteiger partial charge in [0.05, 0.1) is 6.54 Å². The van der Waals surface area contributed by atoms with Gasteiger partial charge in [-0.1, -0.05) is 39.5 Å². The Morgan fingerprint density at radius 3 is 2.17 bits per heavy atom. The van der Waals surface area contributed by atoms with Gasteiger partial charge in [0.25, 0.3) is 0 Å². The van der Waals surface area contributed by atoms with Crippen LogP contribution in [-0.4, -0.2) is 12.6 Å². The van der Waals surface area contributed by atoms with Gasteiger partial charge in [-0.3, -0.25) is 0 Å². The van der Waals surface area contributed by atoms with Crippen LogP contribution in [0.25, 0.3) is 0 Å². The Kier molecular flexibility index (Phi) is 8.04. The normalized spacial score (nSPS) is 9.92. The van der Waals surface area contributed by atoms with Crippen LogP contribution < -0.4 is 0 Å². The van der Waals surface area contributed by atoms with E-state index in [-0.39, 0.29) is 0 Å². The van der Waals surface area contributed by atoms with Crippen molar-refractivity contribution in [1.29, 1.82) is 0 Å². The van der Waals surface area contributed by atoms with Crippen LogP contribution in [0, 0.1) is 5.92 Å². The van der Waals surface area contributed by atoms with Gasteiger partial charge in [0.2, 0.25) is 6.08 Å². The molecule has 0 amide bonds. The van der Waals surface area contributed by atoms with E-state index < -0.39 is 0 Å². The zero-order valence-corrected chi connectivity index (χ0v) is 8.18. The molecule has 0 aromatic heterocycles. The van der Waals surface area contributed by atoms with Crippen LogP contribution >= 0.6 is 0 Å². The fraction of sp³-hybridized carbons (Fsp3) is 0.900. The van der Waals surface area contributed by atoms with Crippen molar-refractivity contribution in [1.82, 2.24) is 0 Å². The van der Waals surface area contributed by atoms with E-state index in [1.54, 1.807) is 6.08 Å². The van der Waals surface area contributed by atoms with Gasteiger partial charge in [0.1, 0.15) is 0 Å². The van der Waals surface area contributed by atoms with Gasteiger partial charge in [-0.25, -0.2) is 9.79 Å². The van der Waals surface area contributed by atoms with Crippen LogP contribution in [0.15, 0.2) is 4.99 Å². The van der Waals surface area contributed by atoms with E-state index in [0.717, 1.165) is 12.3 Å². The molecular weight excluding hydrogens is 150 g/mol. The summed E-state index contributed by atoms with van der Waals surface area (Å²) >= 11 is 0. The summed E-state index contributed by atoms with van der Waals surface area (Å²) in [5.74, 6) is 0.761. The Labute approximate surface area is 75.1 Å². The van der Waals surface area contributed by atoms with Gasteiger partial charge < -0.3 is 0 Å². The lowest BCUT2D eigenvalue weighted by Gasteiger charge is -2.12. The predicted molar refractivity (Wildman–Crippen MR) is 50.9 cm³/mol. The molecule has 2 nitrogen and oxygen atoms in total. The summed E-state index contributed by atoms with van der Waals surface area (Å²) < 4.78 is 0. The molecule has 0 unspecified atom stereocenters. The van der Waals surface area contributed by atoms with E-state index in [9.17, 15) is 4.79 Å². The third kappa shape index (κ3) is 6.11. The number of hydrogen-bond donors (Lipinski definition) is 0. The van der Waals surface area contributed by atoms with Crippen molar-refractivity contribution in [3.8, 4) is 0 Å². The van der Waals surface area contributed by atoms with Crippen LogP contribution in [-0.2, 0) is 4.79 Å². The lowest BCUT2D eigenvalue weighted by molar-refractivity contribution is 0.416. The third-order valence-electron chi connectivity index (χ3n) is 2.11. The summed E-state index contributed by atoms with van der Waals surface area (Å²) in [5.41, 5.74) is 0. The second-order valence-electron chi connectivity index (χ2n) is 3.21. The van der Waals surface area contributed by atoms with Gasteiger partial charge in [0, 0.05) is 0 Å². The summed E-state index contributed by atoms with van der Waals surface area (Å²) in [4.78, 5) is 13.4. The van der Waals surface area contributed by atoms with E-state index in [1.807, 2.05) is 0 Å². The lowest BCUT2D eigenvalue weighted by Crippen LogP contribution is -2.01. The quantitative estimate of drug-likeness (QED) is 0.425. The molecule has 2 heteroatoms. The van der Waals surface area contributed by atoms with Gasteiger partial charge in [-0.15, -0.1) is 0 Å². The highest BCUT2D eigenvalue weighted by molar-refractivity contribution is 5.32. The van der Waals surface area contributed by atoms with Crippen molar-refractivity contribution in [2.75, 3.05) is 6.54 Å². The molecular formula is C10H19NO. The number of hydrogen-bond acceptors (Lipinski definition) is 2. The average Bonchev–Trinajstić information content (AvgIpc) is 2.06. The van der Waals surface area contributed by atoms with E-state index >= 15 is 0 Å². The SMILES string of the molecule is CCCC(CCC)CCN=C=O. The minimum atomic E-state index is 0.661. The van der Waals surface area contributed by atoms with E-state index in [2.05, 4.69) is 18.8 Å². The predicted octanol–water partition coefficient (Wildman–Crippen LogP) is 2.93. The maximum Gasteiger partial charge on any atom is 0.234 e. The van der Waals surface area contributed by atoms with Crippen LogP contribution in [0.3, 0.4) is 0 Å². The highest BCUT2D eigenvalue weighted by Crippen LogP contribution is 2.16. The molecule has 0 rings (SSSR count). The summed E-state index contributed by atoms with van der Waals surface area (Å²) in [6.45, 7) is 5.06. The van der Waals surface area contributed by atoms with E-state index in [4.69, 9.17) is 0 Å². The molecule has 0 aromatic rings. The minimum Gasteiger partial charge on any atom is -0.211 e. The molecule has 0 saturated heterocycles. The average molecular weight is 169 g/mol. The molecule has 0 radical (unpaired) electrons. The fourth-order valence-corrected chi connectivity index (χ4v) is 1.54. The molecule has 0 aliphatic carbocycles. The lowest BCUT2D eigenvalue weighted by atomic mass is 9.95. The summed E-state index contributed by atoms with van der Waals surface area (Å²) in [5, 5.41) is 0. The first-order chi connectivity index (χ1) is 5.85. The molecule has 0 heterocycles. The van der Waals surface area contributed by atoms with E-state index in [1.165, 1.54) is 25.7 Å². The van der Waals surface area contributed by atoms with Crippen LogP contribution in [0.5, 0.6) is 0 Å². The Morgan fingerprint density at radius 1 is 1.17 bits per heavy atom. The molecule has 0 fully saturated rings. The molecule has 0 atom stereocenters. The molecule has 0 N–H and O–H groups in total. The van der Waals surface area contributed by atoms with Crippen LogP contribution in [0.2, 0.25) is 0 Å². The summed E-state index contributed by atoms with van der Waals surface area (Å²) in [6, 6.07) is 0. The molecule has 0 spiro atoms. The fourth-order valence-electron chi connectivity index (χ4n) is 1.54. The largest absolute Gasteiger partial charge is 0.234 e. The third-order valence-corrected chi connectivity index (χ3v) is 2.11. The van der Waals surface area contributed by atoms with Crippen LogP contribution in [0.4, 0.5) is 0 Å². The number of isocyanates is 1. The Bertz CT molecular complexity index is 133. The zero-order chi connectivity index (χ0) is 9.23. The zero-order valence-electron chi connectivity index (χ0n) is 8.18. The second kappa shape index (κ2) is 8.48. The van der Waals surface area contributed by atoms with Crippen molar-refractivity contribution in [3.63, 3.8) is 0 Å². The highest BCUT2D eigenvalue weighted by atomic mass is 16.1. The van der Waals surface area contributed by atoms with E-state index in [0.29, 0.717) is 6.54 Å². The minimum absolute atomic E-state index is 0.661. The van der Waals surface area contributed by atoms with Gasteiger partial charge in [0.15, 0.2) is 0 Å². The first-order valence-electron chi connectivity index (χ1n) is 4.88. The topological polar surface area (TPSA) is 29.4 Å². The maximum absolute atomic E-state index is 9.81. The molecule has 0 bridgehead atoms. The number of carbonyl (C=O) groups excluding carboxylic acids is 1. The Hall–Kier alpha value is -0.620. The van der Waals surface area contributed by atoms with Crippen molar-refractivity contribution in [2.24, 2.45) is 10.9 Å². The standard InChI is InChI=1S/C10H19NO/c1-3-5-10(6-4-2)7-8-11-9-12/h10H,3-8H2,1-2H3. The summed E-state index contributed by atoms with van der Waals surface area (Å²) in [7, 11) is 0. The smallest absolute Gasteiger partial charge is 0.211 e. The Morgan fingerprint density at radius 2 is 1.75 bits per heavy atom. The number of nitrogens with zero attached hydrogens (tertiary/aromatic N) is 1. The number of rotatable bonds is 7. The Balaban J connectivity index is 3.54. The summed E-state index contributed by atoms with van der Waals surface area (Å²) in [6.07, 6.45) is 7.63. The molecule has 0 aromatic carbocycles. The van der Waals surface area contributed by atoms with Crippen molar-refractivity contribution in [2.45, 2.75) is 46.0 Å². The molecule has 0 aliphatic rings. The van der Waals surface area contributed by atoms with Crippen LogP contribution in [0.1, 0.15) is 46.0 Å². The van der Waals surface area contributed by atoms with Crippen molar-refractivity contribution >= 4 is 6.08 Å².